The molecular weight excluding hydrogens is 507 g/mol. The monoisotopic (exact) mass is 538 g/mol. The minimum absolute atomic E-state index is 0. The van der Waals surface area contributed by atoms with Crippen molar-refractivity contribution in [3.63, 3.8) is 0 Å². The van der Waals surface area contributed by atoms with Gasteiger partial charge in [0.2, 0.25) is 0 Å². The van der Waals surface area contributed by atoms with E-state index in [-0.39, 0.29) is 48.3 Å². The summed E-state index contributed by atoms with van der Waals surface area (Å²) in [5.41, 5.74) is 0.794. The fourth-order valence-electron chi connectivity index (χ4n) is 2.84. The van der Waals surface area contributed by atoms with Gasteiger partial charge in [-0.15, -0.1) is 24.0 Å². The normalized spacial score (nSPS) is 15.1. The minimum Gasteiger partial charge on any atom is -0.482 e. The van der Waals surface area contributed by atoms with E-state index < -0.39 is 9.84 Å². The molecule has 29 heavy (non-hydrogen) atoms. The molecule has 1 aliphatic rings. The van der Waals surface area contributed by atoms with Crippen molar-refractivity contribution in [3.05, 3.63) is 24.3 Å². The number of halogens is 1. The summed E-state index contributed by atoms with van der Waals surface area (Å²) >= 11 is 0. The summed E-state index contributed by atoms with van der Waals surface area (Å²) in [5, 5.41) is 6.39. The molecule has 0 fully saturated rings. The molecule has 0 saturated heterocycles. The Bertz CT molecular complexity index is 801. The first-order valence-electron chi connectivity index (χ1n) is 9.55. The van der Waals surface area contributed by atoms with Gasteiger partial charge in [-0.2, -0.15) is 0 Å². The van der Waals surface area contributed by atoms with Crippen molar-refractivity contribution >= 4 is 51.4 Å². The number of nitrogens with zero attached hydrogens (tertiary/aromatic N) is 2. The summed E-state index contributed by atoms with van der Waals surface area (Å²) in [7, 11) is -2.98. The van der Waals surface area contributed by atoms with Crippen LogP contribution in [0.5, 0.6) is 5.75 Å². The molecule has 1 unspecified atom stereocenters. The number of hydrogen-bond acceptors (Lipinski definition) is 5. The topological polar surface area (TPSA) is 100 Å². The van der Waals surface area contributed by atoms with Crippen molar-refractivity contribution in [2.45, 2.75) is 32.7 Å². The number of guanidine groups is 1. The van der Waals surface area contributed by atoms with Crippen LogP contribution in [0.4, 0.5) is 5.69 Å². The number of nitrogens with one attached hydrogen (secondary N) is 2. The molecular formula is C19H31IN4O4S. The van der Waals surface area contributed by atoms with Crippen LogP contribution in [-0.2, 0) is 14.6 Å². The van der Waals surface area contributed by atoms with E-state index in [4.69, 9.17) is 4.74 Å². The quantitative estimate of drug-likeness (QED) is 0.215. The summed E-state index contributed by atoms with van der Waals surface area (Å²) in [6, 6.07) is 7.50. The van der Waals surface area contributed by atoms with Gasteiger partial charge in [-0.25, -0.2) is 8.42 Å². The molecule has 0 aromatic heterocycles. The molecule has 0 saturated carbocycles. The molecule has 1 heterocycles. The Labute approximate surface area is 190 Å². The second-order valence-corrected chi connectivity index (χ2v) is 9.14. The third kappa shape index (κ3) is 8.77. The highest BCUT2D eigenvalue weighted by molar-refractivity contribution is 14.0. The Morgan fingerprint density at radius 3 is 2.76 bits per heavy atom. The molecule has 0 radical (unpaired) electrons. The van der Waals surface area contributed by atoms with E-state index in [0.717, 1.165) is 11.4 Å². The fourth-order valence-corrected chi connectivity index (χ4v) is 3.62. The third-order valence-electron chi connectivity index (χ3n) is 4.27. The molecule has 1 aromatic rings. The molecule has 1 aliphatic heterocycles. The molecule has 164 valence electrons. The number of fused-ring (bicyclic) bond motifs is 1. The SMILES string of the molecule is CCNC(=NCCCN1C(=O)COc2ccccc21)NC(C)CCS(C)(=O)=O.I. The molecule has 2 N–H and O–H groups in total. The molecule has 0 bridgehead atoms. The molecule has 1 amide bonds. The number of carbonyl (C=O) groups excluding carboxylic acids is 1. The lowest BCUT2D eigenvalue weighted by atomic mass is 10.2. The summed E-state index contributed by atoms with van der Waals surface area (Å²) in [6.45, 7) is 5.78. The molecule has 8 nitrogen and oxygen atoms in total. The number of benzene rings is 1. The standard InChI is InChI=1S/C19H30N4O4S.HI/c1-4-20-19(22-15(2)10-13-28(3,25)26)21-11-7-12-23-16-8-5-6-9-17(16)27-14-18(23)24;/h5-6,8-9,15H,4,7,10-14H2,1-3H3,(H2,20,21,22);1H. The van der Waals surface area contributed by atoms with Crippen molar-refractivity contribution in [1.29, 1.82) is 0 Å². The van der Waals surface area contributed by atoms with E-state index in [1.165, 1.54) is 6.26 Å². The smallest absolute Gasteiger partial charge is 0.265 e. The van der Waals surface area contributed by atoms with Gasteiger partial charge in [-0.1, -0.05) is 12.1 Å². The number of hydrogen-bond donors (Lipinski definition) is 2. The summed E-state index contributed by atoms with van der Waals surface area (Å²) in [5.74, 6) is 1.46. The summed E-state index contributed by atoms with van der Waals surface area (Å²) < 4.78 is 28.1. The maximum Gasteiger partial charge on any atom is 0.265 e. The highest BCUT2D eigenvalue weighted by atomic mass is 127. The van der Waals surface area contributed by atoms with Crippen molar-refractivity contribution < 1.29 is 17.9 Å². The van der Waals surface area contributed by atoms with E-state index in [1.807, 2.05) is 38.1 Å². The maximum absolute atomic E-state index is 12.2. The van der Waals surface area contributed by atoms with Crippen LogP contribution in [0.2, 0.25) is 0 Å². The van der Waals surface area contributed by atoms with Crippen LogP contribution < -0.4 is 20.3 Å². The van der Waals surface area contributed by atoms with Crippen LogP contribution >= 0.6 is 24.0 Å². The van der Waals surface area contributed by atoms with Gasteiger partial charge in [-0.05, 0) is 38.8 Å². The minimum atomic E-state index is -2.98. The van der Waals surface area contributed by atoms with Crippen LogP contribution in [0.1, 0.15) is 26.7 Å². The summed E-state index contributed by atoms with van der Waals surface area (Å²) in [4.78, 5) is 18.5. The molecule has 0 spiro atoms. The molecule has 1 atom stereocenters. The zero-order valence-electron chi connectivity index (χ0n) is 17.2. The van der Waals surface area contributed by atoms with Gasteiger partial charge in [0, 0.05) is 31.9 Å². The third-order valence-corrected chi connectivity index (χ3v) is 5.24. The number of anilines is 1. The molecule has 2 rings (SSSR count). The average molecular weight is 538 g/mol. The first kappa shape index (κ1) is 25.5. The van der Waals surface area contributed by atoms with E-state index >= 15 is 0 Å². The fraction of sp³-hybridized carbons (Fsp3) is 0.579. The van der Waals surface area contributed by atoms with E-state index in [0.29, 0.717) is 38.4 Å². The Morgan fingerprint density at radius 1 is 1.34 bits per heavy atom. The lowest BCUT2D eigenvalue weighted by Gasteiger charge is -2.29. The second kappa shape index (κ2) is 12.2. The van der Waals surface area contributed by atoms with Gasteiger partial charge in [-0.3, -0.25) is 9.79 Å². The van der Waals surface area contributed by atoms with Gasteiger partial charge >= 0.3 is 0 Å². The lowest BCUT2D eigenvalue weighted by Crippen LogP contribution is -2.43. The first-order chi connectivity index (χ1) is 13.3. The number of amides is 1. The number of aliphatic imine (C=N–C) groups is 1. The van der Waals surface area contributed by atoms with Crippen LogP contribution in [0.25, 0.3) is 0 Å². The molecule has 10 heteroatoms. The van der Waals surface area contributed by atoms with E-state index in [2.05, 4.69) is 15.6 Å². The zero-order valence-corrected chi connectivity index (χ0v) is 20.3. The van der Waals surface area contributed by atoms with Crippen LogP contribution in [0.3, 0.4) is 0 Å². The highest BCUT2D eigenvalue weighted by Gasteiger charge is 2.24. The maximum atomic E-state index is 12.2. The number of sulfone groups is 1. The average Bonchev–Trinajstić information content (AvgIpc) is 2.64. The predicted molar refractivity (Wildman–Crippen MR) is 127 cm³/mol. The highest BCUT2D eigenvalue weighted by Crippen LogP contribution is 2.31. The Hall–Kier alpha value is -1.56. The summed E-state index contributed by atoms with van der Waals surface area (Å²) in [6.07, 6.45) is 2.46. The van der Waals surface area contributed by atoms with E-state index in [9.17, 15) is 13.2 Å². The van der Waals surface area contributed by atoms with E-state index in [1.54, 1.807) is 4.90 Å². The number of ether oxygens (including phenoxy) is 1. The number of rotatable bonds is 9. The number of carbonyl (C=O) groups is 1. The lowest BCUT2D eigenvalue weighted by molar-refractivity contribution is -0.121. The zero-order chi connectivity index (χ0) is 20.6. The molecule has 1 aromatic carbocycles. The van der Waals surface area contributed by atoms with Crippen LogP contribution in [0.15, 0.2) is 29.3 Å². The Kier molecular flexibility index (Phi) is 10.7. The molecule has 0 aliphatic carbocycles. The van der Waals surface area contributed by atoms with Crippen molar-refractivity contribution in [3.8, 4) is 5.75 Å². The van der Waals surface area contributed by atoms with Gasteiger partial charge in [0.1, 0.15) is 15.6 Å². The van der Waals surface area contributed by atoms with Gasteiger partial charge < -0.3 is 20.3 Å². The van der Waals surface area contributed by atoms with Crippen molar-refractivity contribution in [2.75, 3.05) is 43.1 Å². The van der Waals surface area contributed by atoms with Gasteiger partial charge in [0.15, 0.2) is 12.6 Å². The predicted octanol–water partition coefficient (Wildman–Crippen LogP) is 1.80. The van der Waals surface area contributed by atoms with Crippen molar-refractivity contribution in [1.82, 2.24) is 10.6 Å². The van der Waals surface area contributed by atoms with Crippen LogP contribution in [0, 0.1) is 0 Å². The number of para-hydroxylation sites is 2. The van der Waals surface area contributed by atoms with Gasteiger partial charge in [0.05, 0.1) is 11.4 Å². The largest absolute Gasteiger partial charge is 0.482 e. The van der Waals surface area contributed by atoms with Gasteiger partial charge in [0.25, 0.3) is 5.91 Å². The Morgan fingerprint density at radius 2 is 2.07 bits per heavy atom. The van der Waals surface area contributed by atoms with Crippen LogP contribution in [-0.4, -0.2) is 64.6 Å². The Balaban J connectivity index is 0.00000420. The van der Waals surface area contributed by atoms with Crippen molar-refractivity contribution in [2.24, 2.45) is 4.99 Å². The first-order valence-corrected chi connectivity index (χ1v) is 11.6. The second-order valence-electron chi connectivity index (χ2n) is 6.88.